The maximum atomic E-state index is 12.4. The molecule has 0 spiro atoms. The predicted molar refractivity (Wildman–Crippen MR) is 102 cm³/mol. The number of anilines is 1. The molecule has 0 bridgehead atoms. The third-order valence-electron chi connectivity index (χ3n) is 3.66. The Hall–Kier alpha value is -3.26. The number of hydrogen-bond donors (Lipinski definition) is 2. The smallest absolute Gasteiger partial charge is 0.287 e. The number of hydrazine groups is 1. The lowest BCUT2D eigenvalue weighted by Crippen LogP contribution is -2.36. The van der Waals surface area contributed by atoms with Gasteiger partial charge in [-0.15, -0.1) is 0 Å². The number of aryl methyl sites for hydroxylation is 3. The molecule has 0 unspecified atom stereocenters. The first-order valence-corrected chi connectivity index (χ1v) is 8.47. The van der Waals surface area contributed by atoms with E-state index in [1.807, 2.05) is 13.8 Å². The maximum absolute atomic E-state index is 12.4. The van der Waals surface area contributed by atoms with Gasteiger partial charge in [-0.2, -0.15) is 5.10 Å². The Labute approximate surface area is 160 Å². The molecule has 0 atom stereocenters. The van der Waals surface area contributed by atoms with Crippen LogP contribution in [0.2, 0.25) is 5.02 Å². The SMILES string of the molecule is Cc1cc(C)nc(NNC(=O)c2nn(-c3ccc(Cl)cc3)c(C)cc2=O)n1. The van der Waals surface area contributed by atoms with Crippen molar-refractivity contribution in [1.82, 2.24) is 25.2 Å². The molecule has 2 aromatic heterocycles. The van der Waals surface area contributed by atoms with E-state index >= 15 is 0 Å². The van der Waals surface area contributed by atoms with Gasteiger partial charge in [0, 0.05) is 28.2 Å². The summed E-state index contributed by atoms with van der Waals surface area (Å²) >= 11 is 5.90. The van der Waals surface area contributed by atoms with Crippen molar-refractivity contribution in [2.24, 2.45) is 0 Å². The summed E-state index contributed by atoms with van der Waals surface area (Å²) in [5.41, 5.74) is 7.03. The van der Waals surface area contributed by atoms with E-state index in [1.54, 1.807) is 37.3 Å². The molecule has 2 heterocycles. The number of rotatable bonds is 4. The molecule has 0 fully saturated rings. The van der Waals surface area contributed by atoms with Crippen LogP contribution in [0, 0.1) is 20.8 Å². The summed E-state index contributed by atoms with van der Waals surface area (Å²) in [5, 5.41) is 4.76. The first-order chi connectivity index (χ1) is 12.8. The lowest BCUT2D eigenvalue weighted by atomic mass is 10.3. The molecule has 0 aliphatic heterocycles. The molecule has 9 heteroatoms. The lowest BCUT2D eigenvalue weighted by Gasteiger charge is -2.12. The molecule has 0 saturated carbocycles. The number of nitrogens with one attached hydrogen (secondary N) is 2. The van der Waals surface area contributed by atoms with Crippen LogP contribution in [0.1, 0.15) is 27.6 Å². The standard InChI is InChI=1S/C18H17ClN6O2/c1-10-8-11(2)21-18(20-10)23-22-17(27)16-15(26)9-12(3)25(24-16)14-6-4-13(19)5-7-14/h4-9H,1-3H3,(H,22,27)(H,20,21,23). The van der Waals surface area contributed by atoms with Crippen molar-refractivity contribution < 1.29 is 4.79 Å². The molecule has 138 valence electrons. The average molecular weight is 385 g/mol. The van der Waals surface area contributed by atoms with Gasteiger partial charge in [-0.1, -0.05) is 11.6 Å². The fourth-order valence-corrected chi connectivity index (χ4v) is 2.63. The summed E-state index contributed by atoms with van der Waals surface area (Å²) in [6.07, 6.45) is 0. The van der Waals surface area contributed by atoms with Crippen LogP contribution in [0.3, 0.4) is 0 Å². The summed E-state index contributed by atoms with van der Waals surface area (Å²) in [6, 6.07) is 10.1. The van der Waals surface area contributed by atoms with Gasteiger partial charge in [-0.05, 0) is 51.1 Å². The van der Waals surface area contributed by atoms with Gasteiger partial charge in [-0.3, -0.25) is 20.4 Å². The second-order valence-electron chi connectivity index (χ2n) is 5.94. The van der Waals surface area contributed by atoms with Gasteiger partial charge in [0.1, 0.15) is 0 Å². The van der Waals surface area contributed by atoms with Gasteiger partial charge in [0.05, 0.1) is 5.69 Å². The first kappa shape index (κ1) is 18.5. The molecule has 8 nitrogen and oxygen atoms in total. The number of nitrogens with zero attached hydrogens (tertiary/aromatic N) is 4. The van der Waals surface area contributed by atoms with Gasteiger partial charge < -0.3 is 0 Å². The molecule has 0 aliphatic rings. The number of halogens is 1. The fourth-order valence-electron chi connectivity index (χ4n) is 2.50. The minimum absolute atomic E-state index is 0.228. The molecule has 27 heavy (non-hydrogen) atoms. The summed E-state index contributed by atoms with van der Waals surface area (Å²) in [5.74, 6) is -0.462. The molecule has 0 aliphatic carbocycles. The average Bonchev–Trinajstić information content (AvgIpc) is 2.60. The van der Waals surface area contributed by atoms with E-state index in [0.717, 1.165) is 11.4 Å². The molecule has 3 rings (SSSR count). The highest BCUT2D eigenvalue weighted by Gasteiger charge is 2.15. The van der Waals surface area contributed by atoms with E-state index in [4.69, 9.17) is 11.6 Å². The number of amides is 1. The zero-order valence-electron chi connectivity index (χ0n) is 14.9. The first-order valence-electron chi connectivity index (χ1n) is 8.09. The van der Waals surface area contributed by atoms with E-state index in [2.05, 4.69) is 25.9 Å². The van der Waals surface area contributed by atoms with Crippen molar-refractivity contribution in [2.75, 3.05) is 5.43 Å². The minimum atomic E-state index is -0.689. The van der Waals surface area contributed by atoms with Crippen LogP contribution in [-0.2, 0) is 0 Å². The zero-order chi connectivity index (χ0) is 19.6. The van der Waals surface area contributed by atoms with Crippen molar-refractivity contribution in [1.29, 1.82) is 0 Å². The molecule has 1 amide bonds. The highest BCUT2D eigenvalue weighted by molar-refractivity contribution is 6.30. The number of hydrogen-bond acceptors (Lipinski definition) is 6. The molecule has 0 saturated heterocycles. The van der Waals surface area contributed by atoms with Crippen molar-refractivity contribution in [3.05, 3.63) is 74.4 Å². The second-order valence-corrected chi connectivity index (χ2v) is 6.38. The van der Waals surface area contributed by atoms with Gasteiger partial charge in [-0.25, -0.2) is 14.6 Å². The van der Waals surface area contributed by atoms with Crippen LogP contribution >= 0.6 is 11.6 Å². The van der Waals surface area contributed by atoms with Crippen LogP contribution in [0.15, 0.2) is 41.2 Å². The zero-order valence-corrected chi connectivity index (χ0v) is 15.7. The van der Waals surface area contributed by atoms with Crippen LogP contribution < -0.4 is 16.3 Å². The monoisotopic (exact) mass is 384 g/mol. The van der Waals surface area contributed by atoms with Crippen molar-refractivity contribution >= 4 is 23.5 Å². The van der Waals surface area contributed by atoms with Gasteiger partial charge >= 0.3 is 0 Å². The normalized spacial score (nSPS) is 10.5. The summed E-state index contributed by atoms with van der Waals surface area (Å²) in [6.45, 7) is 5.36. The van der Waals surface area contributed by atoms with E-state index in [0.29, 0.717) is 16.4 Å². The van der Waals surface area contributed by atoms with Crippen LogP contribution in [0.5, 0.6) is 0 Å². The highest BCUT2D eigenvalue weighted by Crippen LogP contribution is 2.13. The Morgan fingerprint density at radius 2 is 1.67 bits per heavy atom. The Kier molecular flexibility index (Phi) is 5.18. The molecule has 0 radical (unpaired) electrons. The largest absolute Gasteiger partial charge is 0.294 e. The van der Waals surface area contributed by atoms with Crippen LogP contribution in [0.4, 0.5) is 5.95 Å². The van der Waals surface area contributed by atoms with Crippen molar-refractivity contribution in [3.8, 4) is 5.69 Å². The summed E-state index contributed by atoms with van der Waals surface area (Å²) < 4.78 is 1.50. The van der Waals surface area contributed by atoms with Gasteiger partial charge in [0.15, 0.2) is 5.69 Å². The minimum Gasteiger partial charge on any atom is -0.287 e. The topological polar surface area (TPSA) is 102 Å². The summed E-state index contributed by atoms with van der Waals surface area (Å²) in [7, 11) is 0. The third kappa shape index (κ3) is 4.29. The van der Waals surface area contributed by atoms with Crippen LogP contribution in [-0.4, -0.2) is 25.7 Å². The number of aromatic nitrogens is 4. The van der Waals surface area contributed by atoms with E-state index in [1.165, 1.54) is 10.7 Å². The fraction of sp³-hybridized carbons (Fsp3) is 0.167. The quantitative estimate of drug-likeness (QED) is 0.669. The Balaban J connectivity index is 1.87. The van der Waals surface area contributed by atoms with Crippen LogP contribution in [0.25, 0.3) is 5.69 Å². The lowest BCUT2D eigenvalue weighted by molar-refractivity contribution is 0.0954. The highest BCUT2D eigenvalue weighted by atomic mass is 35.5. The number of carbonyl (C=O) groups is 1. The van der Waals surface area contributed by atoms with Crippen molar-refractivity contribution in [3.63, 3.8) is 0 Å². The molecule has 3 aromatic rings. The molecular formula is C18H17ClN6O2. The third-order valence-corrected chi connectivity index (χ3v) is 3.92. The summed E-state index contributed by atoms with van der Waals surface area (Å²) in [4.78, 5) is 33.0. The van der Waals surface area contributed by atoms with E-state index in [-0.39, 0.29) is 11.6 Å². The Morgan fingerprint density at radius 1 is 1.04 bits per heavy atom. The number of carbonyl (C=O) groups excluding carboxylic acids is 1. The van der Waals surface area contributed by atoms with Crippen molar-refractivity contribution in [2.45, 2.75) is 20.8 Å². The van der Waals surface area contributed by atoms with E-state index < -0.39 is 11.3 Å². The molecule has 2 N–H and O–H groups in total. The maximum Gasteiger partial charge on any atom is 0.294 e. The number of benzene rings is 1. The Morgan fingerprint density at radius 3 is 2.30 bits per heavy atom. The predicted octanol–water partition coefficient (Wildman–Crippen LogP) is 2.36. The molecular weight excluding hydrogens is 368 g/mol. The second kappa shape index (κ2) is 7.55. The molecule has 1 aromatic carbocycles. The van der Waals surface area contributed by atoms with Gasteiger partial charge in [0.2, 0.25) is 11.4 Å². The van der Waals surface area contributed by atoms with Gasteiger partial charge in [0.25, 0.3) is 5.91 Å². The Bertz CT molecular complexity index is 1040. The van der Waals surface area contributed by atoms with E-state index in [9.17, 15) is 9.59 Å².